The Labute approximate surface area is 125 Å². The quantitative estimate of drug-likeness (QED) is 0.869. The van der Waals surface area contributed by atoms with E-state index in [1.165, 1.54) is 0 Å². The Kier molecular flexibility index (Phi) is 4.36. The van der Waals surface area contributed by atoms with Crippen LogP contribution in [0.15, 0.2) is 28.7 Å². The predicted molar refractivity (Wildman–Crippen MR) is 85.7 cm³/mol. The van der Waals surface area contributed by atoms with E-state index in [2.05, 4.69) is 6.92 Å². The van der Waals surface area contributed by atoms with Gasteiger partial charge in [-0.05, 0) is 51.5 Å². The first kappa shape index (κ1) is 15.2. The molecule has 0 saturated heterocycles. The zero-order chi connectivity index (χ0) is 15.6. The maximum Gasteiger partial charge on any atom is 0.262 e. The number of anilines is 2. The summed E-state index contributed by atoms with van der Waals surface area (Å²) in [6.07, 6.45) is 0.880. The molecule has 0 radical (unpaired) electrons. The number of nitrogens with two attached hydrogens (primary N) is 1. The van der Waals surface area contributed by atoms with E-state index in [1.807, 2.05) is 45.0 Å². The number of carbonyl (C=O) groups is 1. The van der Waals surface area contributed by atoms with Gasteiger partial charge in [0.2, 0.25) is 0 Å². The van der Waals surface area contributed by atoms with Crippen molar-refractivity contribution in [1.82, 2.24) is 0 Å². The molecule has 4 heteroatoms. The van der Waals surface area contributed by atoms with Crippen molar-refractivity contribution in [2.45, 2.75) is 34.1 Å². The third kappa shape index (κ3) is 2.94. The Morgan fingerprint density at radius 3 is 2.24 bits per heavy atom. The van der Waals surface area contributed by atoms with E-state index >= 15 is 0 Å². The number of hydrogen-bond donors (Lipinski definition) is 1. The number of nitrogen functional groups attached to an aromatic ring is 1. The van der Waals surface area contributed by atoms with Gasteiger partial charge < -0.3 is 15.1 Å². The topological polar surface area (TPSA) is 59.5 Å². The average molecular weight is 286 g/mol. The molecule has 0 aliphatic heterocycles. The van der Waals surface area contributed by atoms with Gasteiger partial charge in [-0.15, -0.1) is 0 Å². The smallest absolute Gasteiger partial charge is 0.262 e. The molecule has 21 heavy (non-hydrogen) atoms. The fourth-order valence-electron chi connectivity index (χ4n) is 2.47. The van der Waals surface area contributed by atoms with E-state index in [-0.39, 0.29) is 5.91 Å². The third-order valence-electron chi connectivity index (χ3n) is 3.67. The lowest BCUT2D eigenvalue weighted by Gasteiger charge is -2.22. The summed E-state index contributed by atoms with van der Waals surface area (Å²) in [6, 6.07) is 7.37. The van der Waals surface area contributed by atoms with Crippen molar-refractivity contribution >= 4 is 17.3 Å². The SMILES string of the molecule is CCCN(C(=O)c1c(C)oc(C)c1C)c1ccc(N)cc1. The molecule has 0 saturated carbocycles. The highest BCUT2D eigenvalue weighted by Crippen LogP contribution is 2.25. The normalized spacial score (nSPS) is 10.7. The molecule has 112 valence electrons. The maximum atomic E-state index is 12.9. The molecule has 4 nitrogen and oxygen atoms in total. The fourth-order valence-corrected chi connectivity index (χ4v) is 2.47. The molecule has 0 atom stereocenters. The molecule has 0 fully saturated rings. The van der Waals surface area contributed by atoms with Crippen LogP contribution < -0.4 is 10.6 Å². The number of nitrogens with zero attached hydrogens (tertiary/aromatic N) is 1. The molecule has 0 aliphatic carbocycles. The minimum atomic E-state index is -0.0199. The zero-order valence-electron chi connectivity index (χ0n) is 13.1. The molecule has 0 spiro atoms. The van der Waals surface area contributed by atoms with E-state index < -0.39 is 0 Å². The number of aryl methyl sites for hydroxylation is 2. The molecular weight excluding hydrogens is 264 g/mol. The lowest BCUT2D eigenvalue weighted by Crippen LogP contribution is -2.32. The van der Waals surface area contributed by atoms with Gasteiger partial charge in [0.05, 0.1) is 5.56 Å². The van der Waals surface area contributed by atoms with Crippen LogP contribution in [-0.2, 0) is 0 Å². The molecule has 1 aromatic heterocycles. The van der Waals surface area contributed by atoms with Crippen LogP contribution in [0.25, 0.3) is 0 Å². The van der Waals surface area contributed by atoms with E-state index in [4.69, 9.17) is 10.2 Å². The summed E-state index contributed by atoms with van der Waals surface area (Å²) >= 11 is 0. The summed E-state index contributed by atoms with van der Waals surface area (Å²) in [5, 5.41) is 0. The van der Waals surface area contributed by atoms with Crippen molar-refractivity contribution in [2.75, 3.05) is 17.2 Å². The minimum Gasteiger partial charge on any atom is -0.466 e. The van der Waals surface area contributed by atoms with Crippen LogP contribution in [0.1, 0.15) is 40.8 Å². The molecule has 1 amide bonds. The van der Waals surface area contributed by atoms with E-state index in [1.54, 1.807) is 4.90 Å². The van der Waals surface area contributed by atoms with Crippen molar-refractivity contribution < 1.29 is 9.21 Å². The lowest BCUT2D eigenvalue weighted by molar-refractivity contribution is 0.0985. The second kappa shape index (κ2) is 6.04. The van der Waals surface area contributed by atoms with Crippen LogP contribution in [0.5, 0.6) is 0 Å². The van der Waals surface area contributed by atoms with Gasteiger partial charge in [0.15, 0.2) is 0 Å². The second-order valence-electron chi connectivity index (χ2n) is 5.26. The van der Waals surface area contributed by atoms with Crippen molar-refractivity contribution in [2.24, 2.45) is 0 Å². The van der Waals surface area contributed by atoms with Crippen molar-refractivity contribution in [3.05, 3.63) is 46.9 Å². The zero-order valence-corrected chi connectivity index (χ0v) is 13.1. The lowest BCUT2D eigenvalue weighted by atomic mass is 10.1. The average Bonchev–Trinajstić information content (AvgIpc) is 2.70. The molecule has 2 rings (SSSR count). The molecule has 2 aromatic rings. The molecule has 0 aliphatic rings. The first-order valence-corrected chi connectivity index (χ1v) is 7.19. The number of rotatable bonds is 4. The first-order chi connectivity index (χ1) is 9.95. The van der Waals surface area contributed by atoms with Crippen LogP contribution in [0.3, 0.4) is 0 Å². The van der Waals surface area contributed by atoms with Crippen LogP contribution in [0.4, 0.5) is 11.4 Å². The second-order valence-corrected chi connectivity index (χ2v) is 5.26. The van der Waals surface area contributed by atoms with Gasteiger partial charge in [-0.2, -0.15) is 0 Å². The summed E-state index contributed by atoms with van der Waals surface area (Å²) in [6.45, 7) is 8.35. The highest BCUT2D eigenvalue weighted by Gasteiger charge is 2.24. The van der Waals surface area contributed by atoms with Crippen LogP contribution in [0, 0.1) is 20.8 Å². The number of hydrogen-bond acceptors (Lipinski definition) is 3. The van der Waals surface area contributed by atoms with Gasteiger partial charge in [-0.25, -0.2) is 0 Å². The predicted octanol–water partition coefficient (Wildman–Crippen LogP) is 3.84. The molecule has 0 bridgehead atoms. The Morgan fingerprint density at radius 1 is 1.14 bits per heavy atom. The third-order valence-corrected chi connectivity index (χ3v) is 3.67. The standard InChI is InChI=1S/C17H22N2O2/c1-5-10-19(15-8-6-14(18)7-9-15)17(20)16-11(2)12(3)21-13(16)4/h6-9H,5,10,18H2,1-4H3. The van der Waals surface area contributed by atoms with E-state index in [0.717, 1.165) is 23.4 Å². The number of benzene rings is 1. The first-order valence-electron chi connectivity index (χ1n) is 7.19. The van der Waals surface area contributed by atoms with Gasteiger partial charge in [0.25, 0.3) is 5.91 Å². The Hall–Kier alpha value is -2.23. The monoisotopic (exact) mass is 286 g/mol. The van der Waals surface area contributed by atoms with Gasteiger partial charge in [-0.3, -0.25) is 4.79 Å². The summed E-state index contributed by atoms with van der Waals surface area (Å²) in [5.41, 5.74) is 8.84. The molecule has 1 aromatic carbocycles. The molecule has 0 unspecified atom stereocenters. The van der Waals surface area contributed by atoms with Gasteiger partial charge in [-0.1, -0.05) is 6.92 Å². The fraction of sp³-hybridized carbons (Fsp3) is 0.353. The largest absolute Gasteiger partial charge is 0.466 e. The van der Waals surface area contributed by atoms with Gasteiger partial charge in [0.1, 0.15) is 11.5 Å². The number of furan rings is 1. The molecular formula is C17H22N2O2. The summed E-state index contributed by atoms with van der Waals surface area (Å²) in [4.78, 5) is 14.7. The molecule has 2 N–H and O–H groups in total. The highest BCUT2D eigenvalue weighted by molar-refractivity contribution is 6.07. The number of carbonyl (C=O) groups excluding carboxylic acids is 1. The maximum absolute atomic E-state index is 12.9. The Balaban J connectivity index is 2.42. The van der Waals surface area contributed by atoms with E-state index in [0.29, 0.717) is 23.6 Å². The number of amides is 1. The van der Waals surface area contributed by atoms with Crippen LogP contribution in [-0.4, -0.2) is 12.5 Å². The van der Waals surface area contributed by atoms with Gasteiger partial charge in [0, 0.05) is 23.5 Å². The Morgan fingerprint density at radius 2 is 1.76 bits per heavy atom. The summed E-state index contributed by atoms with van der Waals surface area (Å²) in [5.74, 6) is 1.45. The minimum absolute atomic E-state index is 0.0199. The van der Waals surface area contributed by atoms with Crippen molar-refractivity contribution in [3.63, 3.8) is 0 Å². The Bertz CT molecular complexity index is 642. The highest BCUT2D eigenvalue weighted by atomic mass is 16.3. The van der Waals surface area contributed by atoms with E-state index in [9.17, 15) is 4.79 Å². The van der Waals surface area contributed by atoms with Crippen molar-refractivity contribution in [3.8, 4) is 0 Å². The summed E-state index contributed by atoms with van der Waals surface area (Å²) < 4.78 is 5.58. The molecule has 1 heterocycles. The van der Waals surface area contributed by atoms with Crippen LogP contribution in [0.2, 0.25) is 0 Å². The van der Waals surface area contributed by atoms with Crippen LogP contribution >= 0.6 is 0 Å². The summed E-state index contributed by atoms with van der Waals surface area (Å²) in [7, 11) is 0. The van der Waals surface area contributed by atoms with Crippen molar-refractivity contribution in [1.29, 1.82) is 0 Å². The van der Waals surface area contributed by atoms with Gasteiger partial charge >= 0.3 is 0 Å².